The van der Waals surface area contributed by atoms with Crippen LogP contribution in [0.4, 0.5) is 0 Å². The van der Waals surface area contributed by atoms with Gasteiger partial charge in [0, 0.05) is 19.0 Å². The molecule has 154 valence electrons. The highest BCUT2D eigenvalue weighted by molar-refractivity contribution is 6.61. The molecule has 3 aromatic carbocycles. The number of hydrogen-bond donors (Lipinski definition) is 0. The van der Waals surface area contributed by atoms with Crippen LogP contribution in [0.15, 0.2) is 84.9 Å². The lowest BCUT2D eigenvalue weighted by atomic mass is 9.65. The van der Waals surface area contributed by atoms with Gasteiger partial charge in [-0.15, -0.1) is 0 Å². The van der Waals surface area contributed by atoms with Crippen LogP contribution in [0, 0.1) is 17.2 Å². The fourth-order valence-electron chi connectivity index (χ4n) is 5.01. The monoisotopic (exact) mass is 408 g/mol. The molecule has 0 amide bonds. The van der Waals surface area contributed by atoms with Gasteiger partial charge < -0.3 is 14.2 Å². The first kappa shape index (κ1) is 20.0. The molecular weight excluding hydrogens is 383 g/mol. The standard InChI is InChI=1S/C26H25BN2O2/c1-29-17-16-26(22-10-6-3-7-11-22)24(19-29)25(21-8-4-2-5-9-21)30-27(31-26)23-14-12-20(18-28)13-15-23/h2-15,24-25H,16-17,19H2,1H3. The lowest BCUT2D eigenvalue weighted by Crippen LogP contribution is -2.61. The fourth-order valence-corrected chi connectivity index (χ4v) is 5.01. The van der Waals surface area contributed by atoms with Gasteiger partial charge in [-0.05, 0) is 42.2 Å². The Hall–Kier alpha value is -2.91. The molecule has 3 aromatic rings. The quantitative estimate of drug-likeness (QED) is 0.617. The third-order valence-corrected chi connectivity index (χ3v) is 6.63. The largest absolute Gasteiger partial charge is 0.495 e. The van der Waals surface area contributed by atoms with Crippen LogP contribution < -0.4 is 5.46 Å². The van der Waals surface area contributed by atoms with Crippen LogP contribution >= 0.6 is 0 Å². The summed E-state index contributed by atoms with van der Waals surface area (Å²) in [6.45, 7) is 1.86. The van der Waals surface area contributed by atoms with Gasteiger partial charge in [-0.3, -0.25) is 0 Å². The highest BCUT2D eigenvalue weighted by Crippen LogP contribution is 2.51. The highest BCUT2D eigenvalue weighted by atomic mass is 16.6. The number of piperidine rings is 1. The van der Waals surface area contributed by atoms with Gasteiger partial charge in [-0.25, -0.2) is 0 Å². The summed E-state index contributed by atoms with van der Waals surface area (Å²) < 4.78 is 13.6. The summed E-state index contributed by atoms with van der Waals surface area (Å²) >= 11 is 0. The molecule has 4 nitrogen and oxygen atoms in total. The average Bonchev–Trinajstić information content (AvgIpc) is 2.84. The Morgan fingerprint density at radius 2 is 1.65 bits per heavy atom. The average molecular weight is 408 g/mol. The zero-order valence-electron chi connectivity index (χ0n) is 17.6. The van der Waals surface area contributed by atoms with Crippen molar-refractivity contribution in [2.75, 3.05) is 20.1 Å². The first-order valence-electron chi connectivity index (χ1n) is 10.8. The number of fused-ring (bicyclic) bond motifs is 1. The maximum absolute atomic E-state index is 9.18. The fraction of sp³-hybridized carbons (Fsp3) is 0.269. The van der Waals surface area contributed by atoms with Crippen LogP contribution in [0.5, 0.6) is 0 Å². The lowest BCUT2D eigenvalue weighted by molar-refractivity contribution is -0.147. The van der Waals surface area contributed by atoms with E-state index in [0.717, 1.165) is 25.0 Å². The minimum atomic E-state index is -0.502. The normalized spacial score (nSPS) is 26.1. The van der Waals surface area contributed by atoms with Crippen molar-refractivity contribution in [3.8, 4) is 6.07 Å². The minimum absolute atomic E-state index is 0.0986. The predicted molar refractivity (Wildman–Crippen MR) is 122 cm³/mol. The zero-order valence-corrected chi connectivity index (χ0v) is 17.6. The zero-order chi connectivity index (χ0) is 21.3. The Labute approximate surface area is 184 Å². The molecule has 31 heavy (non-hydrogen) atoms. The first-order chi connectivity index (χ1) is 15.2. The second kappa shape index (κ2) is 8.32. The third kappa shape index (κ3) is 3.68. The molecule has 0 saturated carbocycles. The number of rotatable bonds is 3. The Bertz CT molecular complexity index is 1070. The van der Waals surface area contributed by atoms with Gasteiger partial charge in [0.1, 0.15) is 0 Å². The van der Waals surface area contributed by atoms with Crippen LogP contribution in [0.3, 0.4) is 0 Å². The smallest absolute Gasteiger partial charge is 0.400 e. The Morgan fingerprint density at radius 1 is 0.968 bits per heavy atom. The molecule has 0 spiro atoms. The van der Waals surface area contributed by atoms with E-state index >= 15 is 0 Å². The maximum atomic E-state index is 9.18. The van der Waals surface area contributed by atoms with Crippen molar-refractivity contribution < 1.29 is 9.31 Å². The molecular formula is C26H25BN2O2. The van der Waals surface area contributed by atoms with Gasteiger partial charge in [0.2, 0.25) is 0 Å². The van der Waals surface area contributed by atoms with E-state index in [1.807, 2.05) is 30.3 Å². The second-order valence-electron chi connectivity index (χ2n) is 8.53. The number of nitriles is 1. The van der Waals surface area contributed by atoms with E-state index in [2.05, 4.69) is 72.6 Å². The molecule has 0 aliphatic carbocycles. The Balaban J connectivity index is 1.63. The minimum Gasteiger partial charge on any atom is -0.400 e. The van der Waals surface area contributed by atoms with Gasteiger partial charge in [0.15, 0.2) is 0 Å². The van der Waals surface area contributed by atoms with Gasteiger partial charge in [0.05, 0.1) is 23.3 Å². The summed E-state index contributed by atoms with van der Waals surface area (Å²) in [6, 6.07) is 30.8. The predicted octanol–water partition coefficient (Wildman–Crippen LogP) is 3.89. The molecule has 5 heteroatoms. The van der Waals surface area contributed by atoms with E-state index < -0.39 is 12.7 Å². The van der Waals surface area contributed by atoms with Gasteiger partial charge in [-0.2, -0.15) is 5.26 Å². The number of hydrogen-bond acceptors (Lipinski definition) is 4. The molecule has 3 unspecified atom stereocenters. The molecule has 2 aliphatic heterocycles. The van der Waals surface area contributed by atoms with Crippen LogP contribution in [0.25, 0.3) is 0 Å². The molecule has 2 fully saturated rings. The number of nitrogens with zero attached hydrogens (tertiary/aromatic N) is 2. The van der Waals surface area contributed by atoms with Gasteiger partial charge in [-0.1, -0.05) is 72.8 Å². The van der Waals surface area contributed by atoms with Crippen molar-refractivity contribution in [1.29, 1.82) is 5.26 Å². The molecule has 0 aromatic heterocycles. The highest BCUT2D eigenvalue weighted by Gasteiger charge is 2.55. The molecule has 5 rings (SSSR count). The summed E-state index contributed by atoms with van der Waals surface area (Å²) in [5.74, 6) is 0.158. The van der Waals surface area contributed by atoms with Crippen molar-refractivity contribution in [2.45, 2.75) is 18.1 Å². The summed E-state index contributed by atoms with van der Waals surface area (Å²) in [6.07, 6.45) is 0.802. The SMILES string of the molecule is CN1CCC2(c3ccccc3)OB(c3ccc(C#N)cc3)OC(c3ccccc3)C2C1. The molecule has 2 saturated heterocycles. The molecule has 2 heterocycles. The van der Waals surface area contributed by atoms with E-state index in [9.17, 15) is 5.26 Å². The Kier molecular flexibility index (Phi) is 5.37. The number of benzene rings is 3. The molecule has 2 aliphatic rings. The molecule has 0 radical (unpaired) electrons. The molecule has 3 atom stereocenters. The molecule has 0 N–H and O–H groups in total. The topological polar surface area (TPSA) is 45.5 Å². The van der Waals surface area contributed by atoms with Crippen LogP contribution in [0.1, 0.15) is 29.2 Å². The number of likely N-dealkylation sites (tertiary alicyclic amines) is 1. The summed E-state index contributed by atoms with van der Waals surface area (Å²) in [5.41, 5.74) is 3.51. The summed E-state index contributed by atoms with van der Waals surface area (Å²) in [4.78, 5) is 2.37. The van der Waals surface area contributed by atoms with Crippen LogP contribution in [0.2, 0.25) is 0 Å². The van der Waals surface area contributed by atoms with Crippen molar-refractivity contribution in [1.82, 2.24) is 4.90 Å². The van der Waals surface area contributed by atoms with Crippen LogP contribution in [-0.2, 0) is 14.9 Å². The Morgan fingerprint density at radius 3 is 2.32 bits per heavy atom. The molecule has 0 bridgehead atoms. The summed E-state index contributed by atoms with van der Waals surface area (Å²) in [7, 11) is 1.67. The van der Waals surface area contributed by atoms with Crippen molar-refractivity contribution >= 4 is 12.6 Å². The van der Waals surface area contributed by atoms with E-state index in [1.165, 1.54) is 11.1 Å². The third-order valence-electron chi connectivity index (χ3n) is 6.63. The van der Waals surface area contributed by atoms with Crippen LogP contribution in [-0.4, -0.2) is 32.2 Å². The maximum Gasteiger partial charge on any atom is 0.495 e. The van der Waals surface area contributed by atoms with E-state index in [-0.39, 0.29) is 12.0 Å². The summed E-state index contributed by atoms with van der Waals surface area (Å²) in [5, 5.41) is 9.18. The van der Waals surface area contributed by atoms with Crippen molar-refractivity contribution in [3.05, 3.63) is 102 Å². The van der Waals surface area contributed by atoms with Crippen molar-refractivity contribution in [2.24, 2.45) is 5.92 Å². The van der Waals surface area contributed by atoms with Gasteiger partial charge in [0.25, 0.3) is 0 Å². The van der Waals surface area contributed by atoms with E-state index in [0.29, 0.717) is 5.56 Å². The first-order valence-corrected chi connectivity index (χ1v) is 10.8. The lowest BCUT2D eigenvalue weighted by Gasteiger charge is -2.54. The van der Waals surface area contributed by atoms with E-state index in [4.69, 9.17) is 9.31 Å². The van der Waals surface area contributed by atoms with Crippen molar-refractivity contribution in [3.63, 3.8) is 0 Å². The van der Waals surface area contributed by atoms with Gasteiger partial charge >= 0.3 is 7.12 Å². The second-order valence-corrected chi connectivity index (χ2v) is 8.53. The van der Waals surface area contributed by atoms with E-state index in [1.54, 1.807) is 0 Å².